The number of carbonyl (C=O) groups is 2. The fraction of sp³-hybridized carbons (Fsp3) is 0.846. The maximum Gasteiger partial charge on any atom is 0.313 e. The third-order valence-corrected chi connectivity index (χ3v) is 4.56. The first-order valence-electron chi connectivity index (χ1n) is 6.80. The van der Waals surface area contributed by atoms with E-state index in [1.807, 2.05) is 0 Å². The zero-order chi connectivity index (χ0) is 14.0. The van der Waals surface area contributed by atoms with Gasteiger partial charge >= 0.3 is 5.97 Å². The van der Waals surface area contributed by atoms with Crippen molar-refractivity contribution in [3.8, 4) is 0 Å². The molecule has 2 aliphatic rings. The van der Waals surface area contributed by atoms with E-state index in [0.717, 1.165) is 19.3 Å². The second-order valence-electron chi connectivity index (χ2n) is 5.83. The second-order valence-corrected chi connectivity index (χ2v) is 5.83. The summed E-state index contributed by atoms with van der Waals surface area (Å²) in [7, 11) is 0. The Kier molecular flexibility index (Phi) is 4.10. The number of amides is 1. The van der Waals surface area contributed by atoms with Crippen LogP contribution in [0.2, 0.25) is 0 Å². The molecule has 4 unspecified atom stereocenters. The van der Waals surface area contributed by atoms with Gasteiger partial charge in [0.05, 0.1) is 19.3 Å². The van der Waals surface area contributed by atoms with E-state index in [1.54, 1.807) is 6.92 Å². The molecule has 1 heterocycles. The summed E-state index contributed by atoms with van der Waals surface area (Å²) in [6.07, 6.45) is 2.83. The molecule has 0 aromatic heterocycles. The van der Waals surface area contributed by atoms with Crippen molar-refractivity contribution in [1.29, 1.82) is 0 Å². The number of nitrogens with two attached hydrogens (primary N) is 1. The maximum atomic E-state index is 12.3. The number of carboxylic acid groups (broad SMARTS) is 1. The van der Waals surface area contributed by atoms with Crippen LogP contribution in [0.1, 0.15) is 26.2 Å². The number of nitrogens with one attached hydrogen (secondary N) is 1. The lowest BCUT2D eigenvalue weighted by atomic mass is 9.84. The van der Waals surface area contributed by atoms with E-state index in [2.05, 4.69) is 5.32 Å². The third kappa shape index (κ3) is 2.60. The van der Waals surface area contributed by atoms with Crippen LogP contribution >= 0.6 is 0 Å². The Hall–Kier alpha value is -1.14. The van der Waals surface area contributed by atoms with Gasteiger partial charge in [-0.2, -0.15) is 0 Å². The van der Waals surface area contributed by atoms with Crippen molar-refractivity contribution in [1.82, 2.24) is 5.32 Å². The highest BCUT2D eigenvalue weighted by atomic mass is 16.5. The Bertz CT molecular complexity index is 374. The predicted molar refractivity (Wildman–Crippen MR) is 68.4 cm³/mol. The van der Waals surface area contributed by atoms with Gasteiger partial charge in [0.2, 0.25) is 5.91 Å². The summed E-state index contributed by atoms with van der Waals surface area (Å²) in [6.45, 7) is 2.52. The van der Waals surface area contributed by atoms with Gasteiger partial charge in [-0.05, 0) is 32.2 Å². The molecule has 4 atom stereocenters. The van der Waals surface area contributed by atoms with Crippen LogP contribution in [-0.2, 0) is 14.3 Å². The molecule has 1 aliphatic heterocycles. The molecule has 6 heteroatoms. The largest absolute Gasteiger partial charge is 0.481 e. The van der Waals surface area contributed by atoms with Gasteiger partial charge in [-0.25, -0.2) is 0 Å². The molecule has 4 N–H and O–H groups in total. The van der Waals surface area contributed by atoms with Gasteiger partial charge in [-0.3, -0.25) is 9.59 Å². The molecule has 1 amide bonds. The first-order chi connectivity index (χ1) is 8.99. The lowest BCUT2D eigenvalue weighted by Crippen LogP contribution is -2.51. The summed E-state index contributed by atoms with van der Waals surface area (Å²) in [6, 6.07) is -0.462. The SMILES string of the molecule is CC1(C(=O)O)COCC1NC(=O)C1CCCC1CN. The number of ether oxygens (including phenoxy) is 1. The van der Waals surface area contributed by atoms with Gasteiger partial charge in [-0.1, -0.05) is 6.42 Å². The molecule has 1 saturated carbocycles. The molecular weight excluding hydrogens is 248 g/mol. The molecule has 0 radical (unpaired) electrons. The average molecular weight is 270 g/mol. The Balaban J connectivity index is 2.00. The van der Waals surface area contributed by atoms with Gasteiger partial charge in [0.25, 0.3) is 0 Å². The van der Waals surface area contributed by atoms with Crippen molar-refractivity contribution in [3.05, 3.63) is 0 Å². The van der Waals surface area contributed by atoms with Gasteiger partial charge in [0, 0.05) is 5.92 Å². The second kappa shape index (κ2) is 5.46. The highest BCUT2D eigenvalue weighted by Gasteiger charge is 2.48. The molecule has 2 rings (SSSR count). The van der Waals surface area contributed by atoms with Gasteiger partial charge in [0.15, 0.2) is 0 Å². The summed E-state index contributed by atoms with van der Waals surface area (Å²) < 4.78 is 5.23. The third-order valence-electron chi connectivity index (χ3n) is 4.56. The Morgan fingerprint density at radius 2 is 2.21 bits per heavy atom. The van der Waals surface area contributed by atoms with Crippen molar-refractivity contribution < 1.29 is 19.4 Å². The summed E-state index contributed by atoms with van der Waals surface area (Å²) in [5, 5.41) is 12.1. The quantitative estimate of drug-likeness (QED) is 0.665. The number of carbonyl (C=O) groups excluding carboxylic acids is 1. The molecule has 19 heavy (non-hydrogen) atoms. The van der Waals surface area contributed by atoms with E-state index in [1.165, 1.54) is 0 Å². The maximum absolute atomic E-state index is 12.3. The van der Waals surface area contributed by atoms with E-state index in [0.29, 0.717) is 6.54 Å². The standard InChI is InChI=1S/C13H22N2O4/c1-13(12(17)18)7-19-6-10(13)15-11(16)9-4-2-3-8(9)5-14/h8-10H,2-7,14H2,1H3,(H,15,16)(H,17,18). The highest BCUT2D eigenvalue weighted by molar-refractivity contribution is 5.82. The summed E-state index contributed by atoms with van der Waals surface area (Å²) >= 11 is 0. The summed E-state index contributed by atoms with van der Waals surface area (Å²) in [4.78, 5) is 23.6. The van der Waals surface area contributed by atoms with E-state index >= 15 is 0 Å². The molecule has 1 aliphatic carbocycles. The molecular formula is C13H22N2O4. The number of aliphatic carboxylic acids is 1. The van der Waals surface area contributed by atoms with E-state index < -0.39 is 17.4 Å². The first kappa shape index (κ1) is 14.3. The molecule has 6 nitrogen and oxygen atoms in total. The van der Waals surface area contributed by atoms with Gasteiger partial charge in [0.1, 0.15) is 5.41 Å². The molecule has 0 spiro atoms. The first-order valence-corrected chi connectivity index (χ1v) is 6.80. The van der Waals surface area contributed by atoms with Crippen LogP contribution in [0.15, 0.2) is 0 Å². The minimum atomic E-state index is -1.04. The lowest BCUT2D eigenvalue weighted by Gasteiger charge is -2.27. The Morgan fingerprint density at radius 3 is 2.84 bits per heavy atom. The topological polar surface area (TPSA) is 102 Å². The fourth-order valence-corrected chi connectivity index (χ4v) is 3.03. The summed E-state index contributed by atoms with van der Waals surface area (Å²) in [5.74, 6) is -0.866. The molecule has 1 saturated heterocycles. The molecule has 0 bridgehead atoms. The van der Waals surface area contributed by atoms with Gasteiger partial charge in [-0.15, -0.1) is 0 Å². The van der Waals surface area contributed by atoms with Crippen LogP contribution < -0.4 is 11.1 Å². The smallest absolute Gasteiger partial charge is 0.313 e. The monoisotopic (exact) mass is 270 g/mol. The van der Waals surface area contributed by atoms with Crippen molar-refractivity contribution in [2.45, 2.75) is 32.2 Å². The van der Waals surface area contributed by atoms with Crippen LogP contribution in [-0.4, -0.2) is 42.8 Å². The molecule has 2 fully saturated rings. The minimum Gasteiger partial charge on any atom is -0.481 e. The predicted octanol–water partition coefficient (Wildman–Crippen LogP) is -0.0327. The van der Waals surface area contributed by atoms with E-state index in [4.69, 9.17) is 10.5 Å². The average Bonchev–Trinajstić information content (AvgIpc) is 2.97. The van der Waals surface area contributed by atoms with Crippen LogP contribution in [0.4, 0.5) is 0 Å². The zero-order valence-electron chi connectivity index (χ0n) is 11.2. The van der Waals surface area contributed by atoms with E-state index in [9.17, 15) is 14.7 Å². The normalized spacial score (nSPS) is 38.3. The van der Waals surface area contributed by atoms with Gasteiger partial charge < -0.3 is 20.9 Å². The number of hydrogen-bond acceptors (Lipinski definition) is 4. The summed E-state index contributed by atoms with van der Waals surface area (Å²) in [5.41, 5.74) is 4.64. The molecule has 108 valence electrons. The number of carboxylic acids is 1. The Labute approximate surface area is 112 Å². The molecule has 0 aromatic carbocycles. The van der Waals surface area contributed by atoms with Crippen LogP contribution in [0.25, 0.3) is 0 Å². The molecule has 0 aromatic rings. The van der Waals surface area contributed by atoms with Crippen LogP contribution in [0, 0.1) is 17.3 Å². The van der Waals surface area contributed by atoms with Crippen LogP contribution in [0.3, 0.4) is 0 Å². The van der Waals surface area contributed by atoms with Crippen molar-refractivity contribution in [2.24, 2.45) is 23.0 Å². The fourth-order valence-electron chi connectivity index (χ4n) is 3.03. The van der Waals surface area contributed by atoms with E-state index in [-0.39, 0.29) is 31.0 Å². The van der Waals surface area contributed by atoms with Crippen molar-refractivity contribution in [2.75, 3.05) is 19.8 Å². The van der Waals surface area contributed by atoms with Crippen molar-refractivity contribution in [3.63, 3.8) is 0 Å². The number of hydrogen-bond donors (Lipinski definition) is 3. The number of rotatable bonds is 4. The minimum absolute atomic E-state index is 0.0732. The Morgan fingerprint density at radius 1 is 1.47 bits per heavy atom. The van der Waals surface area contributed by atoms with Crippen molar-refractivity contribution >= 4 is 11.9 Å². The van der Waals surface area contributed by atoms with Crippen LogP contribution in [0.5, 0.6) is 0 Å². The highest BCUT2D eigenvalue weighted by Crippen LogP contribution is 2.33. The zero-order valence-corrected chi connectivity index (χ0v) is 11.2. The lowest BCUT2D eigenvalue weighted by molar-refractivity contribution is -0.149.